The number of nitrogens with zero attached hydrogens (tertiary/aromatic N) is 1. The van der Waals surface area contributed by atoms with E-state index in [1.807, 2.05) is 6.92 Å². The first kappa shape index (κ1) is 12.9. The molecule has 3 heteroatoms. The lowest BCUT2D eigenvalue weighted by molar-refractivity contribution is -0.130. The van der Waals surface area contributed by atoms with Crippen molar-refractivity contribution < 1.29 is 4.79 Å². The monoisotopic (exact) mass is 238 g/mol. The van der Waals surface area contributed by atoms with Gasteiger partial charge in [0.2, 0.25) is 5.91 Å². The molecule has 3 atom stereocenters. The summed E-state index contributed by atoms with van der Waals surface area (Å²) in [5.41, 5.74) is 0.453. The van der Waals surface area contributed by atoms with Gasteiger partial charge in [-0.05, 0) is 37.0 Å². The van der Waals surface area contributed by atoms with Gasteiger partial charge in [-0.3, -0.25) is 10.1 Å². The first-order chi connectivity index (χ1) is 7.81. The molecule has 2 aliphatic rings. The van der Waals surface area contributed by atoms with Crippen LogP contribution < -0.4 is 5.32 Å². The highest BCUT2D eigenvalue weighted by molar-refractivity contribution is 5.83. The van der Waals surface area contributed by atoms with E-state index in [1.54, 1.807) is 0 Å². The van der Waals surface area contributed by atoms with E-state index in [0.717, 1.165) is 13.0 Å². The van der Waals surface area contributed by atoms with Crippen LogP contribution in [0.25, 0.3) is 0 Å². The van der Waals surface area contributed by atoms with Crippen molar-refractivity contribution in [3.63, 3.8) is 0 Å². The minimum atomic E-state index is 0.000567. The van der Waals surface area contributed by atoms with E-state index in [-0.39, 0.29) is 12.2 Å². The number of amides is 1. The van der Waals surface area contributed by atoms with Crippen molar-refractivity contribution in [3.8, 4) is 0 Å². The highest BCUT2D eigenvalue weighted by Gasteiger charge is 2.49. The Labute approximate surface area is 105 Å². The van der Waals surface area contributed by atoms with Crippen LogP contribution in [0.5, 0.6) is 0 Å². The summed E-state index contributed by atoms with van der Waals surface area (Å²) in [6.07, 6.45) is 2.58. The molecule has 1 saturated heterocycles. The van der Waals surface area contributed by atoms with Gasteiger partial charge in [0.1, 0.15) is 0 Å². The van der Waals surface area contributed by atoms with Gasteiger partial charge in [-0.15, -0.1) is 0 Å². The topological polar surface area (TPSA) is 32.3 Å². The smallest absolute Gasteiger partial charge is 0.240 e. The van der Waals surface area contributed by atoms with Crippen LogP contribution in [-0.4, -0.2) is 29.6 Å². The zero-order chi connectivity index (χ0) is 12.8. The molecule has 0 aromatic heterocycles. The fourth-order valence-electron chi connectivity index (χ4n) is 2.84. The molecular weight excluding hydrogens is 212 g/mol. The van der Waals surface area contributed by atoms with Gasteiger partial charge >= 0.3 is 0 Å². The van der Waals surface area contributed by atoms with E-state index in [4.69, 9.17) is 0 Å². The molecule has 1 saturated carbocycles. The number of hydrogen-bond acceptors (Lipinski definition) is 2. The summed E-state index contributed by atoms with van der Waals surface area (Å²) in [6.45, 7) is 12.0. The maximum absolute atomic E-state index is 12.1. The highest BCUT2D eigenvalue weighted by atomic mass is 16.2. The maximum Gasteiger partial charge on any atom is 0.240 e. The molecule has 1 N–H and O–H groups in total. The first-order valence-corrected chi connectivity index (χ1v) is 6.88. The lowest BCUT2D eigenvalue weighted by Crippen LogP contribution is -2.40. The van der Waals surface area contributed by atoms with Crippen molar-refractivity contribution in [2.24, 2.45) is 17.3 Å². The van der Waals surface area contributed by atoms with Crippen LogP contribution in [-0.2, 0) is 4.79 Å². The van der Waals surface area contributed by atoms with Crippen molar-refractivity contribution in [2.45, 2.75) is 59.7 Å². The Hall–Kier alpha value is -0.570. The molecule has 0 bridgehead atoms. The molecular formula is C14H26N2O. The van der Waals surface area contributed by atoms with Crippen LogP contribution in [0.1, 0.15) is 47.5 Å². The summed E-state index contributed by atoms with van der Waals surface area (Å²) in [5, 5.41) is 3.42. The highest BCUT2D eigenvalue weighted by Crippen LogP contribution is 2.52. The molecule has 0 aromatic carbocycles. The summed E-state index contributed by atoms with van der Waals surface area (Å²) < 4.78 is 0. The molecule has 17 heavy (non-hydrogen) atoms. The van der Waals surface area contributed by atoms with Gasteiger partial charge in [-0.2, -0.15) is 0 Å². The first-order valence-electron chi connectivity index (χ1n) is 6.88. The Kier molecular flexibility index (Phi) is 3.23. The molecule has 0 radical (unpaired) electrons. The Bertz CT molecular complexity index is 311. The largest absolute Gasteiger partial charge is 0.325 e. The minimum absolute atomic E-state index is 0.000567. The van der Waals surface area contributed by atoms with Crippen molar-refractivity contribution >= 4 is 5.91 Å². The van der Waals surface area contributed by atoms with Crippen molar-refractivity contribution in [1.82, 2.24) is 10.2 Å². The fourth-order valence-corrected chi connectivity index (χ4v) is 2.84. The van der Waals surface area contributed by atoms with E-state index >= 15 is 0 Å². The number of rotatable bonds is 4. The van der Waals surface area contributed by atoms with Crippen LogP contribution >= 0.6 is 0 Å². The third kappa shape index (κ3) is 2.65. The third-order valence-electron chi connectivity index (χ3n) is 4.30. The second-order valence-corrected chi connectivity index (χ2v) is 6.91. The molecule has 0 spiro atoms. The van der Waals surface area contributed by atoms with E-state index < -0.39 is 0 Å². The third-order valence-corrected chi connectivity index (χ3v) is 4.30. The number of nitrogens with one attached hydrogen (secondary N) is 1. The molecule has 1 aliphatic carbocycles. The molecule has 0 aromatic rings. The van der Waals surface area contributed by atoms with E-state index in [1.165, 1.54) is 6.42 Å². The molecule has 2 rings (SSSR count). The normalized spacial score (nSPS) is 35.8. The molecule has 98 valence electrons. The molecule has 3 unspecified atom stereocenters. The van der Waals surface area contributed by atoms with Crippen molar-refractivity contribution in [2.75, 3.05) is 6.54 Å². The number of carbonyl (C=O) groups is 1. The SMILES string of the molecule is CC(C)CC1NC(C)C(=O)N1CC1CC1(C)C. The average Bonchev–Trinajstić information content (AvgIpc) is 2.71. The quantitative estimate of drug-likeness (QED) is 0.814. The lowest BCUT2D eigenvalue weighted by Gasteiger charge is -2.26. The van der Waals surface area contributed by atoms with Gasteiger partial charge < -0.3 is 4.90 Å². The summed E-state index contributed by atoms with van der Waals surface area (Å²) in [4.78, 5) is 14.2. The van der Waals surface area contributed by atoms with Crippen LogP contribution in [0.3, 0.4) is 0 Å². The summed E-state index contributed by atoms with van der Waals surface area (Å²) in [7, 11) is 0. The molecule has 1 amide bonds. The lowest BCUT2D eigenvalue weighted by atomic mass is 10.1. The van der Waals surface area contributed by atoms with E-state index in [2.05, 4.69) is 37.9 Å². The molecule has 1 heterocycles. The molecule has 2 fully saturated rings. The summed E-state index contributed by atoms with van der Waals surface area (Å²) in [5.74, 6) is 1.62. The predicted octanol–water partition coefficient (Wildman–Crippen LogP) is 2.22. The Balaban J connectivity index is 1.98. The molecule has 3 nitrogen and oxygen atoms in total. The zero-order valence-corrected chi connectivity index (χ0v) is 11.8. The van der Waals surface area contributed by atoms with Gasteiger partial charge in [-0.25, -0.2) is 0 Å². The predicted molar refractivity (Wildman–Crippen MR) is 69.4 cm³/mol. The van der Waals surface area contributed by atoms with Gasteiger partial charge in [0.15, 0.2) is 0 Å². The number of hydrogen-bond donors (Lipinski definition) is 1. The van der Waals surface area contributed by atoms with Gasteiger partial charge in [0.25, 0.3) is 0 Å². The van der Waals surface area contributed by atoms with E-state index in [9.17, 15) is 4.79 Å². The fraction of sp³-hybridized carbons (Fsp3) is 0.929. The minimum Gasteiger partial charge on any atom is -0.325 e. The van der Waals surface area contributed by atoms with Crippen LogP contribution in [0.2, 0.25) is 0 Å². The number of carbonyl (C=O) groups excluding carboxylic acids is 1. The molecule has 1 aliphatic heterocycles. The summed E-state index contributed by atoms with van der Waals surface area (Å²) >= 11 is 0. The summed E-state index contributed by atoms with van der Waals surface area (Å²) in [6, 6.07) is 0.000567. The Morgan fingerprint density at radius 3 is 2.53 bits per heavy atom. The van der Waals surface area contributed by atoms with Crippen molar-refractivity contribution in [1.29, 1.82) is 0 Å². The standard InChI is InChI=1S/C14H26N2O/c1-9(2)6-12-15-10(3)13(17)16(12)8-11-7-14(11,4)5/h9-12,15H,6-8H2,1-5H3. The maximum atomic E-state index is 12.1. The Morgan fingerprint density at radius 1 is 1.47 bits per heavy atom. The zero-order valence-electron chi connectivity index (χ0n) is 11.8. The van der Waals surface area contributed by atoms with E-state index in [0.29, 0.717) is 23.2 Å². The van der Waals surface area contributed by atoms with Gasteiger partial charge in [-0.1, -0.05) is 27.7 Å². The van der Waals surface area contributed by atoms with Crippen LogP contribution in [0, 0.1) is 17.3 Å². The van der Waals surface area contributed by atoms with Gasteiger partial charge in [0.05, 0.1) is 12.2 Å². The van der Waals surface area contributed by atoms with Gasteiger partial charge in [0, 0.05) is 6.54 Å². The van der Waals surface area contributed by atoms with Crippen LogP contribution in [0.15, 0.2) is 0 Å². The van der Waals surface area contributed by atoms with Crippen molar-refractivity contribution in [3.05, 3.63) is 0 Å². The average molecular weight is 238 g/mol. The Morgan fingerprint density at radius 2 is 2.06 bits per heavy atom. The second kappa shape index (κ2) is 4.27. The second-order valence-electron chi connectivity index (χ2n) is 6.91. The van der Waals surface area contributed by atoms with Crippen LogP contribution in [0.4, 0.5) is 0 Å².